The SMILES string of the molecule is CC(=N)N(C)C(=N)c1ccncn1. The lowest BCUT2D eigenvalue weighted by molar-refractivity contribution is 0.729. The summed E-state index contributed by atoms with van der Waals surface area (Å²) in [7, 11) is 1.66. The van der Waals surface area contributed by atoms with Gasteiger partial charge in [0.1, 0.15) is 12.0 Å². The van der Waals surface area contributed by atoms with Crippen LogP contribution in [0.15, 0.2) is 18.6 Å². The second-order valence-corrected chi connectivity index (χ2v) is 2.59. The van der Waals surface area contributed by atoms with Gasteiger partial charge in [0, 0.05) is 13.2 Å². The lowest BCUT2D eigenvalue weighted by Gasteiger charge is -2.16. The van der Waals surface area contributed by atoms with E-state index in [9.17, 15) is 0 Å². The van der Waals surface area contributed by atoms with Crippen molar-refractivity contribution in [3.8, 4) is 0 Å². The second kappa shape index (κ2) is 3.75. The molecule has 5 heteroatoms. The third-order valence-corrected chi connectivity index (χ3v) is 1.66. The molecule has 0 saturated heterocycles. The molecule has 0 amide bonds. The Morgan fingerprint density at radius 1 is 1.46 bits per heavy atom. The Labute approximate surface area is 76.5 Å². The van der Waals surface area contributed by atoms with Crippen molar-refractivity contribution >= 4 is 11.7 Å². The van der Waals surface area contributed by atoms with Crippen LogP contribution in [0.25, 0.3) is 0 Å². The van der Waals surface area contributed by atoms with Crippen LogP contribution in [0.1, 0.15) is 12.6 Å². The molecule has 0 unspecified atom stereocenters. The fourth-order valence-corrected chi connectivity index (χ4v) is 0.770. The summed E-state index contributed by atoms with van der Waals surface area (Å²) in [5, 5.41) is 15.0. The van der Waals surface area contributed by atoms with Crippen LogP contribution in [-0.4, -0.2) is 33.6 Å². The third kappa shape index (κ3) is 2.08. The van der Waals surface area contributed by atoms with Gasteiger partial charge in [-0.25, -0.2) is 9.97 Å². The summed E-state index contributed by atoms with van der Waals surface area (Å²) in [6.07, 6.45) is 2.96. The number of nitrogens with one attached hydrogen (secondary N) is 2. The molecule has 1 heterocycles. The molecule has 1 rings (SSSR count). The van der Waals surface area contributed by atoms with Crippen molar-refractivity contribution < 1.29 is 0 Å². The van der Waals surface area contributed by atoms with Gasteiger partial charge in [0.15, 0.2) is 5.84 Å². The van der Waals surface area contributed by atoms with Gasteiger partial charge >= 0.3 is 0 Å². The Bertz CT molecular complexity index is 319. The summed E-state index contributed by atoms with van der Waals surface area (Å²) in [5.74, 6) is 0.513. The van der Waals surface area contributed by atoms with Crippen LogP contribution in [0.2, 0.25) is 0 Å². The van der Waals surface area contributed by atoms with Crippen molar-refractivity contribution in [3.63, 3.8) is 0 Å². The molecule has 5 nitrogen and oxygen atoms in total. The first-order valence-electron chi connectivity index (χ1n) is 3.76. The number of aromatic nitrogens is 2. The number of hydrogen-bond acceptors (Lipinski definition) is 4. The van der Waals surface area contributed by atoms with Crippen LogP contribution in [0.3, 0.4) is 0 Å². The minimum absolute atomic E-state index is 0.204. The monoisotopic (exact) mass is 177 g/mol. The van der Waals surface area contributed by atoms with Gasteiger partial charge in [-0.15, -0.1) is 0 Å². The first-order valence-corrected chi connectivity index (χ1v) is 3.76. The lowest BCUT2D eigenvalue weighted by Crippen LogP contribution is -2.31. The molecule has 0 aliphatic rings. The van der Waals surface area contributed by atoms with Crippen molar-refractivity contribution in [1.82, 2.24) is 14.9 Å². The van der Waals surface area contributed by atoms with E-state index >= 15 is 0 Å². The van der Waals surface area contributed by atoms with Crippen LogP contribution >= 0.6 is 0 Å². The molecule has 0 aliphatic carbocycles. The zero-order valence-electron chi connectivity index (χ0n) is 7.57. The zero-order valence-corrected chi connectivity index (χ0v) is 7.57. The van der Waals surface area contributed by atoms with Gasteiger partial charge in [0.2, 0.25) is 0 Å². The Morgan fingerprint density at radius 2 is 2.15 bits per heavy atom. The first-order chi connectivity index (χ1) is 6.13. The summed E-state index contributed by atoms with van der Waals surface area (Å²) in [6, 6.07) is 1.64. The summed E-state index contributed by atoms with van der Waals surface area (Å²) in [6.45, 7) is 1.62. The van der Waals surface area contributed by atoms with Crippen molar-refractivity contribution in [2.45, 2.75) is 6.92 Å². The van der Waals surface area contributed by atoms with E-state index in [0.717, 1.165) is 0 Å². The number of hydrogen-bond donors (Lipinski definition) is 2. The van der Waals surface area contributed by atoms with Gasteiger partial charge in [-0.05, 0) is 13.0 Å². The van der Waals surface area contributed by atoms with E-state index in [1.165, 1.54) is 11.2 Å². The molecule has 1 aromatic heterocycles. The fraction of sp³-hybridized carbons (Fsp3) is 0.250. The van der Waals surface area contributed by atoms with E-state index in [0.29, 0.717) is 11.5 Å². The Hall–Kier alpha value is -1.78. The Kier molecular flexibility index (Phi) is 2.69. The lowest BCUT2D eigenvalue weighted by atomic mass is 10.3. The normalized spacial score (nSPS) is 9.38. The predicted molar refractivity (Wildman–Crippen MR) is 50.0 cm³/mol. The van der Waals surface area contributed by atoms with Crippen molar-refractivity contribution in [1.29, 1.82) is 10.8 Å². The van der Waals surface area contributed by atoms with Crippen LogP contribution in [-0.2, 0) is 0 Å². The average Bonchev–Trinajstić information content (AvgIpc) is 2.17. The van der Waals surface area contributed by atoms with Crippen LogP contribution < -0.4 is 0 Å². The average molecular weight is 177 g/mol. The van der Waals surface area contributed by atoms with E-state index in [-0.39, 0.29) is 5.84 Å². The van der Waals surface area contributed by atoms with E-state index in [4.69, 9.17) is 10.8 Å². The highest BCUT2D eigenvalue weighted by molar-refractivity contribution is 6.04. The minimum atomic E-state index is 0.204. The quantitative estimate of drug-likeness (QED) is 0.490. The fourth-order valence-electron chi connectivity index (χ4n) is 0.770. The van der Waals surface area contributed by atoms with Gasteiger partial charge in [-0.1, -0.05) is 0 Å². The highest BCUT2D eigenvalue weighted by atomic mass is 15.2. The van der Waals surface area contributed by atoms with E-state index < -0.39 is 0 Å². The van der Waals surface area contributed by atoms with Crippen LogP contribution in [0.4, 0.5) is 0 Å². The van der Waals surface area contributed by atoms with Gasteiger partial charge < -0.3 is 4.90 Å². The van der Waals surface area contributed by atoms with Crippen LogP contribution in [0, 0.1) is 10.8 Å². The van der Waals surface area contributed by atoms with Crippen molar-refractivity contribution in [3.05, 3.63) is 24.3 Å². The molecule has 0 saturated carbocycles. The Morgan fingerprint density at radius 3 is 2.62 bits per heavy atom. The third-order valence-electron chi connectivity index (χ3n) is 1.66. The molecular weight excluding hydrogens is 166 g/mol. The molecule has 68 valence electrons. The highest BCUT2D eigenvalue weighted by Crippen LogP contribution is 1.97. The van der Waals surface area contributed by atoms with Gasteiger partial charge in [0.25, 0.3) is 0 Å². The molecule has 0 bridgehead atoms. The second-order valence-electron chi connectivity index (χ2n) is 2.59. The van der Waals surface area contributed by atoms with E-state index in [1.54, 1.807) is 26.2 Å². The predicted octanol–water partition coefficient (Wildman–Crippen LogP) is 0.731. The molecule has 0 radical (unpaired) electrons. The van der Waals surface area contributed by atoms with Crippen molar-refractivity contribution in [2.24, 2.45) is 0 Å². The molecule has 13 heavy (non-hydrogen) atoms. The largest absolute Gasteiger partial charge is 0.317 e. The van der Waals surface area contributed by atoms with E-state index in [2.05, 4.69) is 9.97 Å². The molecule has 0 aliphatic heterocycles. The standard InChI is InChI=1S/C8H11N5/c1-6(9)13(2)8(10)7-3-4-11-5-12-7/h3-5,9-10H,1-2H3. The van der Waals surface area contributed by atoms with E-state index in [1.807, 2.05) is 0 Å². The molecule has 0 fully saturated rings. The maximum atomic E-state index is 7.66. The van der Waals surface area contributed by atoms with Crippen LogP contribution in [0.5, 0.6) is 0 Å². The maximum absolute atomic E-state index is 7.66. The highest BCUT2D eigenvalue weighted by Gasteiger charge is 2.08. The Balaban J connectivity index is 2.86. The summed E-state index contributed by atoms with van der Waals surface area (Å²) in [4.78, 5) is 9.11. The molecule has 0 spiro atoms. The topological polar surface area (TPSA) is 76.7 Å². The van der Waals surface area contributed by atoms with Crippen molar-refractivity contribution in [2.75, 3.05) is 7.05 Å². The summed E-state index contributed by atoms with van der Waals surface area (Å²) in [5.41, 5.74) is 0.518. The van der Waals surface area contributed by atoms with Gasteiger partial charge in [0.05, 0.1) is 5.84 Å². The number of nitrogens with zero attached hydrogens (tertiary/aromatic N) is 3. The number of amidine groups is 2. The molecule has 0 aromatic carbocycles. The molecule has 2 N–H and O–H groups in total. The number of rotatable bonds is 1. The smallest absolute Gasteiger partial charge is 0.152 e. The first kappa shape index (κ1) is 9.31. The summed E-state index contributed by atoms with van der Waals surface area (Å²) >= 11 is 0. The zero-order chi connectivity index (χ0) is 9.84. The van der Waals surface area contributed by atoms with Gasteiger partial charge in [-0.3, -0.25) is 10.8 Å². The molecular formula is C8H11N5. The summed E-state index contributed by atoms with van der Waals surface area (Å²) < 4.78 is 0. The van der Waals surface area contributed by atoms with Gasteiger partial charge in [-0.2, -0.15) is 0 Å². The molecule has 1 aromatic rings. The maximum Gasteiger partial charge on any atom is 0.152 e. The minimum Gasteiger partial charge on any atom is -0.317 e. The molecule has 0 atom stereocenters.